The predicted octanol–water partition coefficient (Wildman–Crippen LogP) is 2.32. The number of aryl methyl sites for hydroxylation is 1. The summed E-state index contributed by atoms with van der Waals surface area (Å²) in [6.07, 6.45) is 5.62. The molecular weight excluding hydrogens is 448 g/mol. The summed E-state index contributed by atoms with van der Waals surface area (Å²) in [5.41, 5.74) is 4.15. The normalized spacial score (nSPS) is 26.7. The van der Waals surface area contributed by atoms with Gasteiger partial charge in [-0.1, -0.05) is 29.4 Å². The molecule has 1 aliphatic heterocycles. The van der Waals surface area contributed by atoms with Gasteiger partial charge in [-0.05, 0) is 43.5 Å². The van der Waals surface area contributed by atoms with Gasteiger partial charge in [0.25, 0.3) is 6.92 Å². The number of alkyl halides is 1. The van der Waals surface area contributed by atoms with Crippen molar-refractivity contribution >= 4 is 51.6 Å². The van der Waals surface area contributed by atoms with Crippen LogP contribution >= 0.6 is 31.8 Å². The van der Waals surface area contributed by atoms with Crippen molar-refractivity contribution in [2.24, 2.45) is 5.92 Å². The second-order valence-corrected chi connectivity index (χ2v) is 11.1. The first-order chi connectivity index (χ1) is 11.7. The smallest absolute Gasteiger partial charge is 0.409 e. The molecule has 2 heterocycles. The van der Waals surface area contributed by atoms with Crippen molar-refractivity contribution in [1.82, 2.24) is 9.79 Å². The molecule has 1 saturated heterocycles. The third-order valence-corrected chi connectivity index (χ3v) is 6.12. The Morgan fingerprint density at radius 2 is 2.20 bits per heavy atom. The standard InChI is InChI=1S/C13H15BN2O2.C3H9BIOP/c1-7-5-15-12-9(17)3-10-13(11(7)12)4-8(13)6-16(10)14(2)18;1-4(6)2-3(5)7/h3,5,8,15,18H,4,6H2,1-2H3;3,6H,2,7H2,1H3. The maximum absolute atomic E-state index is 12.2. The van der Waals surface area contributed by atoms with Gasteiger partial charge in [0.1, 0.15) is 0 Å². The van der Waals surface area contributed by atoms with Crippen LogP contribution in [0.4, 0.5) is 0 Å². The zero-order valence-electron chi connectivity index (χ0n) is 14.8. The fourth-order valence-electron chi connectivity index (χ4n) is 4.27. The molecule has 1 saturated carbocycles. The number of ketones is 1. The zero-order valence-corrected chi connectivity index (χ0v) is 18.1. The van der Waals surface area contributed by atoms with Gasteiger partial charge >= 0.3 is 7.05 Å². The summed E-state index contributed by atoms with van der Waals surface area (Å²) < 4.78 is 0.512. The molecule has 1 aromatic heterocycles. The van der Waals surface area contributed by atoms with Gasteiger partial charge in [-0.2, -0.15) is 0 Å². The maximum Gasteiger partial charge on any atom is 0.409 e. The van der Waals surface area contributed by atoms with Crippen molar-refractivity contribution in [3.05, 3.63) is 34.8 Å². The van der Waals surface area contributed by atoms with Crippen molar-refractivity contribution < 1.29 is 14.8 Å². The van der Waals surface area contributed by atoms with Crippen LogP contribution in [0.3, 0.4) is 0 Å². The SMILES string of the molecule is CB(O)CC(P)I.CB(O)N1CC2CC23C1=CC(=O)c1[nH]cc(C)c13. The van der Waals surface area contributed by atoms with Gasteiger partial charge in [-0.25, -0.2) is 0 Å². The van der Waals surface area contributed by atoms with Crippen LogP contribution in [-0.2, 0) is 5.41 Å². The number of piperidine rings is 1. The number of hydrogen-bond donors (Lipinski definition) is 3. The molecule has 0 bridgehead atoms. The number of aromatic nitrogens is 1. The van der Waals surface area contributed by atoms with E-state index in [1.165, 1.54) is 11.1 Å². The van der Waals surface area contributed by atoms with Crippen molar-refractivity contribution in [3.8, 4) is 0 Å². The van der Waals surface area contributed by atoms with Crippen LogP contribution in [0.15, 0.2) is 18.0 Å². The number of halogens is 1. The number of nitrogens with one attached hydrogen (secondary N) is 1. The van der Waals surface area contributed by atoms with Gasteiger partial charge in [0.05, 0.1) is 5.69 Å². The monoisotopic (exact) mass is 472 g/mol. The fourth-order valence-corrected chi connectivity index (χ4v) is 5.40. The second-order valence-electron chi connectivity index (χ2n) is 7.37. The first kappa shape index (κ1) is 19.5. The Bertz CT molecular complexity index is 716. The minimum absolute atomic E-state index is 0.0182. The topological polar surface area (TPSA) is 76.6 Å². The average molecular weight is 472 g/mol. The van der Waals surface area contributed by atoms with E-state index in [4.69, 9.17) is 5.02 Å². The number of aromatic amines is 1. The number of rotatable bonds is 3. The van der Waals surface area contributed by atoms with E-state index in [0.29, 0.717) is 9.58 Å². The Morgan fingerprint density at radius 1 is 1.52 bits per heavy atom. The van der Waals surface area contributed by atoms with Crippen LogP contribution in [0.5, 0.6) is 0 Å². The Kier molecular flexibility index (Phi) is 5.47. The van der Waals surface area contributed by atoms with E-state index < -0.39 is 7.05 Å². The Labute approximate surface area is 165 Å². The molecule has 4 rings (SSSR count). The summed E-state index contributed by atoms with van der Waals surface area (Å²) in [5, 5.41) is 18.6. The van der Waals surface area contributed by atoms with Gasteiger partial charge in [0, 0.05) is 33.6 Å². The molecule has 5 nitrogen and oxygen atoms in total. The van der Waals surface area contributed by atoms with Crippen LogP contribution in [0.25, 0.3) is 0 Å². The molecule has 0 radical (unpaired) electrons. The van der Waals surface area contributed by atoms with Gasteiger partial charge in [0.2, 0.25) is 5.78 Å². The fraction of sp³-hybridized carbons (Fsp3) is 0.562. The van der Waals surface area contributed by atoms with E-state index in [1.54, 1.807) is 19.7 Å². The highest BCUT2D eigenvalue weighted by atomic mass is 127. The van der Waals surface area contributed by atoms with Crippen molar-refractivity contribution in [3.63, 3.8) is 0 Å². The number of nitrogens with zero attached hydrogens (tertiary/aromatic N) is 1. The van der Waals surface area contributed by atoms with Gasteiger partial charge < -0.3 is 19.8 Å². The molecule has 9 heteroatoms. The summed E-state index contributed by atoms with van der Waals surface area (Å²) in [7, 11) is 2.11. The zero-order chi connectivity index (χ0) is 18.5. The van der Waals surface area contributed by atoms with Crippen LogP contribution in [0, 0.1) is 12.8 Å². The summed E-state index contributed by atoms with van der Waals surface area (Å²) in [6, 6.07) is 0. The van der Waals surface area contributed by atoms with Crippen LogP contribution in [-0.4, -0.2) is 49.8 Å². The van der Waals surface area contributed by atoms with Crippen molar-refractivity contribution in [2.75, 3.05) is 6.54 Å². The van der Waals surface area contributed by atoms with E-state index in [2.05, 4.69) is 43.7 Å². The second kappa shape index (κ2) is 7.02. The molecule has 3 N–H and O–H groups in total. The number of allylic oxidation sites excluding steroid dienone is 2. The molecule has 1 aromatic rings. The molecule has 0 amide bonds. The molecule has 4 unspecified atom stereocenters. The van der Waals surface area contributed by atoms with E-state index in [9.17, 15) is 9.82 Å². The third-order valence-electron chi connectivity index (χ3n) is 5.34. The molecule has 134 valence electrons. The van der Waals surface area contributed by atoms with Crippen molar-refractivity contribution in [1.29, 1.82) is 0 Å². The van der Waals surface area contributed by atoms with Crippen molar-refractivity contribution in [2.45, 2.75) is 42.4 Å². The number of carbonyl (C=O) groups excluding carboxylic acids is 1. The molecule has 2 fully saturated rings. The third kappa shape index (κ3) is 3.35. The number of fused-ring (bicyclic) bond motifs is 1. The van der Waals surface area contributed by atoms with Crippen LogP contribution < -0.4 is 0 Å². The van der Waals surface area contributed by atoms with E-state index in [1.807, 2.05) is 11.0 Å². The first-order valence-corrected chi connectivity index (χ1v) is 10.6. The summed E-state index contributed by atoms with van der Waals surface area (Å²) >= 11 is 2.26. The Morgan fingerprint density at radius 3 is 2.72 bits per heavy atom. The lowest BCUT2D eigenvalue weighted by atomic mass is 9.69. The van der Waals surface area contributed by atoms with E-state index in [0.717, 1.165) is 30.7 Å². The molecule has 1 spiro atoms. The lowest BCUT2D eigenvalue weighted by Crippen LogP contribution is -2.38. The first-order valence-electron chi connectivity index (χ1n) is 8.65. The molecule has 25 heavy (non-hydrogen) atoms. The highest BCUT2D eigenvalue weighted by Gasteiger charge is 2.67. The van der Waals surface area contributed by atoms with E-state index >= 15 is 0 Å². The van der Waals surface area contributed by atoms with Crippen LogP contribution in [0.2, 0.25) is 20.0 Å². The Balaban J connectivity index is 0.000000225. The summed E-state index contributed by atoms with van der Waals surface area (Å²) in [6.45, 7) is 6.33. The lowest BCUT2D eigenvalue weighted by molar-refractivity contribution is 0.103. The predicted molar refractivity (Wildman–Crippen MR) is 114 cm³/mol. The molecular formula is C16H24B2IN2O3P. The average Bonchev–Trinajstić information content (AvgIpc) is 2.87. The minimum atomic E-state index is -0.519. The maximum atomic E-state index is 12.2. The lowest BCUT2D eigenvalue weighted by Gasteiger charge is -2.30. The highest BCUT2D eigenvalue weighted by molar-refractivity contribution is 14.1. The summed E-state index contributed by atoms with van der Waals surface area (Å²) in [4.78, 5) is 17.2. The minimum Gasteiger partial charge on any atom is -0.451 e. The molecule has 0 aromatic carbocycles. The Hall–Kier alpha value is -0.300. The van der Waals surface area contributed by atoms with Gasteiger partial charge in [-0.3, -0.25) is 4.79 Å². The largest absolute Gasteiger partial charge is 0.451 e. The highest BCUT2D eigenvalue weighted by Crippen LogP contribution is 2.67. The van der Waals surface area contributed by atoms with E-state index in [-0.39, 0.29) is 18.1 Å². The molecule has 2 aliphatic carbocycles. The van der Waals surface area contributed by atoms with Gasteiger partial charge in [-0.15, -0.1) is 9.24 Å². The molecule has 3 aliphatic rings. The number of H-pyrrole nitrogens is 1. The quantitative estimate of drug-likeness (QED) is 0.274. The summed E-state index contributed by atoms with van der Waals surface area (Å²) in [5.74, 6) is 0.594. The number of carbonyl (C=O) groups is 1. The van der Waals surface area contributed by atoms with Crippen LogP contribution in [0.1, 0.15) is 28.0 Å². The van der Waals surface area contributed by atoms with Gasteiger partial charge in [0.15, 0.2) is 0 Å². The number of hydrogen-bond acceptors (Lipinski definition) is 4. The molecule has 4 atom stereocenters.